The van der Waals surface area contributed by atoms with Crippen LogP contribution in [-0.2, 0) is 6.54 Å². The molecule has 0 aliphatic carbocycles. The van der Waals surface area contributed by atoms with E-state index in [1.165, 1.54) is 6.07 Å². The SMILES string of the molecule is Cc1ccc(-c2cc3n(n2)[C@@H](NCc2ccc(F)c(Cl)c2)CNC3=O)cc1. The molecule has 2 heterocycles. The molecule has 2 aromatic carbocycles. The lowest BCUT2D eigenvalue weighted by molar-refractivity contribution is 0.0900. The average molecular weight is 385 g/mol. The average Bonchev–Trinajstić information content (AvgIpc) is 3.11. The molecule has 0 spiro atoms. The second kappa shape index (κ2) is 7.13. The van der Waals surface area contributed by atoms with Gasteiger partial charge in [-0.1, -0.05) is 47.5 Å². The molecule has 0 saturated carbocycles. The summed E-state index contributed by atoms with van der Waals surface area (Å²) in [7, 11) is 0. The van der Waals surface area contributed by atoms with Crippen molar-refractivity contribution < 1.29 is 9.18 Å². The van der Waals surface area contributed by atoms with Gasteiger partial charge in [-0.15, -0.1) is 0 Å². The summed E-state index contributed by atoms with van der Waals surface area (Å²) >= 11 is 5.84. The van der Waals surface area contributed by atoms with Gasteiger partial charge in [0.05, 0.1) is 17.3 Å². The Morgan fingerprint density at radius 1 is 1.26 bits per heavy atom. The maximum absolute atomic E-state index is 13.3. The summed E-state index contributed by atoms with van der Waals surface area (Å²) in [5.41, 5.74) is 4.23. The van der Waals surface area contributed by atoms with Crippen molar-refractivity contribution in [2.24, 2.45) is 0 Å². The van der Waals surface area contributed by atoms with E-state index in [1.807, 2.05) is 31.2 Å². The van der Waals surface area contributed by atoms with Crippen molar-refractivity contribution in [3.63, 3.8) is 0 Å². The number of carbonyl (C=O) groups is 1. The standard InChI is InChI=1S/C20H18ClFN4O/c1-12-2-5-14(6-3-12)17-9-18-20(27)24-11-19(26(18)25-17)23-10-13-4-7-16(22)15(21)8-13/h2-9,19,23H,10-11H2,1H3,(H,24,27)/t19-/m1/s1. The predicted octanol–water partition coefficient (Wildman–Crippen LogP) is 3.68. The van der Waals surface area contributed by atoms with E-state index in [2.05, 4.69) is 15.7 Å². The first-order valence-corrected chi connectivity index (χ1v) is 9.01. The number of hydrogen-bond acceptors (Lipinski definition) is 3. The number of amides is 1. The molecule has 138 valence electrons. The molecule has 0 fully saturated rings. The number of carbonyl (C=O) groups excluding carboxylic acids is 1. The van der Waals surface area contributed by atoms with Crippen molar-refractivity contribution in [1.82, 2.24) is 20.4 Å². The zero-order valence-electron chi connectivity index (χ0n) is 14.7. The zero-order chi connectivity index (χ0) is 19.0. The van der Waals surface area contributed by atoms with Gasteiger partial charge in [0.15, 0.2) is 0 Å². The molecule has 2 N–H and O–H groups in total. The van der Waals surface area contributed by atoms with E-state index >= 15 is 0 Å². The zero-order valence-corrected chi connectivity index (χ0v) is 15.4. The number of nitrogens with one attached hydrogen (secondary N) is 2. The maximum Gasteiger partial charge on any atom is 0.269 e. The van der Waals surface area contributed by atoms with Gasteiger partial charge in [0.1, 0.15) is 17.7 Å². The van der Waals surface area contributed by atoms with Gasteiger partial charge in [-0.05, 0) is 30.7 Å². The van der Waals surface area contributed by atoms with E-state index in [-0.39, 0.29) is 17.1 Å². The Labute approximate surface area is 161 Å². The number of nitrogens with zero attached hydrogens (tertiary/aromatic N) is 2. The van der Waals surface area contributed by atoms with Crippen LogP contribution in [-0.4, -0.2) is 22.2 Å². The van der Waals surface area contributed by atoms with Gasteiger partial charge in [0.25, 0.3) is 5.91 Å². The Balaban J connectivity index is 1.58. The van der Waals surface area contributed by atoms with Gasteiger partial charge in [-0.3, -0.25) is 10.1 Å². The largest absolute Gasteiger partial charge is 0.347 e. The lowest BCUT2D eigenvalue weighted by Crippen LogP contribution is -2.45. The molecule has 0 bridgehead atoms. The van der Waals surface area contributed by atoms with E-state index in [1.54, 1.807) is 22.9 Å². The molecule has 1 aliphatic rings. The van der Waals surface area contributed by atoms with E-state index in [9.17, 15) is 9.18 Å². The summed E-state index contributed by atoms with van der Waals surface area (Å²) in [6, 6.07) is 14.4. The Bertz CT molecular complexity index is 1000. The van der Waals surface area contributed by atoms with Crippen molar-refractivity contribution >= 4 is 17.5 Å². The van der Waals surface area contributed by atoms with Crippen LogP contribution in [0.3, 0.4) is 0 Å². The van der Waals surface area contributed by atoms with Gasteiger partial charge in [0.2, 0.25) is 0 Å². The van der Waals surface area contributed by atoms with Gasteiger partial charge in [-0.25, -0.2) is 9.07 Å². The Morgan fingerprint density at radius 2 is 2.04 bits per heavy atom. The van der Waals surface area contributed by atoms with Gasteiger partial charge < -0.3 is 5.32 Å². The van der Waals surface area contributed by atoms with Crippen LogP contribution < -0.4 is 10.6 Å². The fourth-order valence-corrected chi connectivity index (χ4v) is 3.28. The second-order valence-corrected chi connectivity index (χ2v) is 6.99. The fraction of sp³-hybridized carbons (Fsp3) is 0.200. The Morgan fingerprint density at radius 3 is 2.78 bits per heavy atom. The number of fused-ring (bicyclic) bond motifs is 1. The van der Waals surface area contributed by atoms with Crippen molar-refractivity contribution in [2.75, 3.05) is 6.54 Å². The topological polar surface area (TPSA) is 59.0 Å². The van der Waals surface area contributed by atoms with Crippen molar-refractivity contribution in [3.05, 3.63) is 76.2 Å². The van der Waals surface area contributed by atoms with Gasteiger partial charge >= 0.3 is 0 Å². The highest BCUT2D eigenvalue weighted by atomic mass is 35.5. The number of aromatic nitrogens is 2. The predicted molar refractivity (Wildman–Crippen MR) is 102 cm³/mol. The third kappa shape index (κ3) is 3.59. The highest BCUT2D eigenvalue weighted by Crippen LogP contribution is 2.23. The Kier molecular flexibility index (Phi) is 4.68. The minimum absolute atomic E-state index is 0.0904. The third-order valence-electron chi connectivity index (χ3n) is 4.59. The first-order chi connectivity index (χ1) is 13.0. The molecule has 1 amide bonds. The molecule has 7 heteroatoms. The second-order valence-electron chi connectivity index (χ2n) is 6.58. The Hall–Kier alpha value is -2.70. The molecule has 3 aromatic rings. The van der Waals surface area contributed by atoms with E-state index in [0.29, 0.717) is 18.8 Å². The van der Waals surface area contributed by atoms with Crippen LogP contribution in [0.25, 0.3) is 11.3 Å². The van der Waals surface area contributed by atoms with E-state index < -0.39 is 5.82 Å². The molecule has 1 aromatic heterocycles. The number of benzene rings is 2. The summed E-state index contributed by atoms with van der Waals surface area (Å²) in [5.74, 6) is -0.591. The smallest absolute Gasteiger partial charge is 0.269 e. The molecule has 5 nitrogen and oxygen atoms in total. The minimum atomic E-state index is -0.442. The normalized spacial score (nSPS) is 16.1. The highest BCUT2D eigenvalue weighted by molar-refractivity contribution is 6.30. The van der Waals surface area contributed by atoms with E-state index in [4.69, 9.17) is 11.6 Å². The van der Waals surface area contributed by atoms with Crippen LogP contribution in [0.4, 0.5) is 4.39 Å². The highest BCUT2D eigenvalue weighted by Gasteiger charge is 2.27. The van der Waals surface area contributed by atoms with Gasteiger partial charge in [-0.2, -0.15) is 5.10 Å². The van der Waals surface area contributed by atoms with Crippen molar-refractivity contribution in [1.29, 1.82) is 0 Å². The molecule has 27 heavy (non-hydrogen) atoms. The first-order valence-electron chi connectivity index (χ1n) is 8.63. The van der Waals surface area contributed by atoms with Crippen LogP contribution in [0.5, 0.6) is 0 Å². The number of aryl methyl sites for hydroxylation is 1. The van der Waals surface area contributed by atoms with Gasteiger partial charge in [0, 0.05) is 12.1 Å². The molecular formula is C20H18ClFN4O. The lowest BCUT2D eigenvalue weighted by atomic mass is 10.1. The summed E-state index contributed by atoms with van der Waals surface area (Å²) in [6.07, 6.45) is -0.208. The van der Waals surface area contributed by atoms with Crippen molar-refractivity contribution in [3.8, 4) is 11.3 Å². The number of hydrogen-bond donors (Lipinski definition) is 2. The summed E-state index contributed by atoms with van der Waals surface area (Å²) in [4.78, 5) is 12.2. The lowest BCUT2D eigenvalue weighted by Gasteiger charge is -2.25. The van der Waals surface area contributed by atoms with Crippen LogP contribution in [0.2, 0.25) is 5.02 Å². The quantitative estimate of drug-likeness (QED) is 0.721. The fourth-order valence-electron chi connectivity index (χ4n) is 3.08. The molecule has 4 rings (SSSR count). The maximum atomic E-state index is 13.3. The molecule has 1 aliphatic heterocycles. The molecule has 1 atom stereocenters. The monoisotopic (exact) mass is 384 g/mol. The first kappa shape index (κ1) is 17.7. The van der Waals surface area contributed by atoms with Crippen LogP contribution in [0.15, 0.2) is 48.5 Å². The van der Waals surface area contributed by atoms with Crippen LogP contribution in [0.1, 0.15) is 27.8 Å². The molecular weight excluding hydrogens is 367 g/mol. The summed E-state index contributed by atoms with van der Waals surface area (Å²) in [5, 5.41) is 10.9. The summed E-state index contributed by atoms with van der Waals surface area (Å²) in [6.45, 7) is 2.91. The van der Waals surface area contributed by atoms with Crippen LogP contribution >= 0.6 is 11.6 Å². The molecule has 0 saturated heterocycles. The van der Waals surface area contributed by atoms with Crippen molar-refractivity contribution in [2.45, 2.75) is 19.6 Å². The van der Waals surface area contributed by atoms with E-state index in [0.717, 1.165) is 22.4 Å². The number of rotatable bonds is 4. The molecule has 0 radical (unpaired) electrons. The van der Waals surface area contributed by atoms with Crippen LogP contribution in [0, 0.1) is 12.7 Å². The molecule has 0 unspecified atom stereocenters. The third-order valence-corrected chi connectivity index (χ3v) is 4.88. The summed E-state index contributed by atoms with van der Waals surface area (Å²) < 4.78 is 15.0. The number of halogens is 2. The minimum Gasteiger partial charge on any atom is -0.347 e.